The van der Waals surface area contributed by atoms with E-state index in [9.17, 15) is 14.0 Å². The highest BCUT2D eigenvalue weighted by Crippen LogP contribution is 2.31. The van der Waals surface area contributed by atoms with E-state index in [1.807, 2.05) is 0 Å². The Bertz CT molecular complexity index is 703. The van der Waals surface area contributed by atoms with Gasteiger partial charge in [-0.05, 0) is 55.7 Å². The van der Waals surface area contributed by atoms with Gasteiger partial charge in [0.15, 0.2) is 11.6 Å². The van der Waals surface area contributed by atoms with Crippen LogP contribution in [0.1, 0.15) is 63.4 Å². The first-order valence-electron chi connectivity index (χ1n) is 10.4. The monoisotopic (exact) mass is 390 g/mol. The maximum atomic E-state index is 13.7. The average Bonchev–Trinajstić information content (AvgIpc) is 3.08. The first-order valence-corrected chi connectivity index (χ1v) is 10.4. The third-order valence-corrected chi connectivity index (χ3v) is 6.14. The highest BCUT2D eigenvalue weighted by molar-refractivity contribution is 5.80. The topological polar surface area (TPSA) is 67.4 Å². The van der Waals surface area contributed by atoms with Crippen LogP contribution in [-0.2, 0) is 16.0 Å². The Morgan fingerprint density at radius 3 is 2.79 bits per heavy atom. The van der Waals surface area contributed by atoms with Crippen LogP contribution in [0.2, 0.25) is 0 Å². The second-order valence-electron chi connectivity index (χ2n) is 8.28. The first kappa shape index (κ1) is 20.6. The van der Waals surface area contributed by atoms with Crippen molar-refractivity contribution in [3.63, 3.8) is 0 Å². The van der Waals surface area contributed by atoms with E-state index in [4.69, 9.17) is 4.74 Å². The van der Waals surface area contributed by atoms with Crippen molar-refractivity contribution in [2.75, 3.05) is 13.7 Å². The molecular weight excluding hydrogens is 359 g/mol. The lowest BCUT2D eigenvalue weighted by Gasteiger charge is -2.30. The molecule has 5 nitrogen and oxygen atoms in total. The average molecular weight is 390 g/mol. The minimum Gasteiger partial charge on any atom is -0.494 e. The molecule has 2 fully saturated rings. The van der Waals surface area contributed by atoms with Crippen LogP contribution >= 0.6 is 0 Å². The van der Waals surface area contributed by atoms with Crippen LogP contribution in [0.5, 0.6) is 5.75 Å². The van der Waals surface area contributed by atoms with Gasteiger partial charge in [-0.25, -0.2) is 4.39 Å². The smallest absolute Gasteiger partial charge is 0.220 e. The molecule has 1 unspecified atom stereocenters. The number of hydrogen-bond donors (Lipinski definition) is 2. The van der Waals surface area contributed by atoms with Crippen LogP contribution < -0.4 is 15.4 Å². The van der Waals surface area contributed by atoms with Gasteiger partial charge in [0.2, 0.25) is 11.8 Å². The van der Waals surface area contributed by atoms with Gasteiger partial charge in [-0.15, -0.1) is 0 Å². The van der Waals surface area contributed by atoms with Crippen molar-refractivity contribution in [3.8, 4) is 5.75 Å². The molecule has 1 atom stereocenters. The molecule has 3 rings (SSSR count). The number of carbonyl (C=O) groups is 2. The molecule has 0 radical (unpaired) electrons. The van der Waals surface area contributed by atoms with E-state index in [-0.39, 0.29) is 17.6 Å². The summed E-state index contributed by atoms with van der Waals surface area (Å²) in [6.45, 7) is 0.757. The van der Waals surface area contributed by atoms with Crippen LogP contribution in [0.3, 0.4) is 0 Å². The summed E-state index contributed by atoms with van der Waals surface area (Å²) in [4.78, 5) is 24.3. The van der Waals surface area contributed by atoms with E-state index in [1.165, 1.54) is 45.3 Å². The lowest BCUT2D eigenvalue weighted by Crippen LogP contribution is -2.44. The van der Waals surface area contributed by atoms with Gasteiger partial charge in [0.25, 0.3) is 0 Å². The molecule has 1 saturated carbocycles. The van der Waals surface area contributed by atoms with E-state index in [0.717, 1.165) is 12.1 Å². The molecule has 1 aromatic carbocycles. The predicted molar refractivity (Wildman–Crippen MR) is 106 cm³/mol. The summed E-state index contributed by atoms with van der Waals surface area (Å²) in [5.41, 5.74) is 0.435. The van der Waals surface area contributed by atoms with E-state index >= 15 is 0 Å². The van der Waals surface area contributed by atoms with Crippen LogP contribution in [0.25, 0.3) is 0 Å². The van der Waals surface area contributed by atoms with Gasteiger partial charge in [-0.1, -0.05) is 25.3 Å². The van der Waals surface area contributed by atoms with Gasteiger partial charge in [-0.3, -0.25) is 9.59 Å². The van der Waals surface area contributed by atoms with Crippen molar-refractivity contribution in [2.24, 2.45) is 5.92 Å². The molecule has 0 spiro atoms. The van der Waals surface area contributed by atoms with Crippen LogP contribution in [-0.4, -0.2) is 31.0 Å². The summed E-state index contributed by atoms with van der Waals surface area (Å²) in [5, 5.41) is 6.15. The van der Waals surface area contributed by atoms with Crippen molar-refractivity contribution in [1.29, 1.82) is 0 Å². The molecule has 1 aromatic rings. The number of benzene rings is 1. The number of rotatable bonds is 8. The minimum absolute atomic E-state index is 0.0108. The molecule has 2 amide bonds. The lowest BCUT2D eigenvalue weighted by molar-refractivity contribution is -0.123. The summed E-state index contributed by atoms with van der Waals surface area (Å²) in [6, 6.07) is 4.77. The third-order valence-electron chi connectivity index (χ3n) is 6.14. The van der Waals surface area contributed by atoms with Gasteiger partial charge in [-0.2, -0.15) is 0 Å². The maximum Gasteiger partial charge on any atom is 0.220 e. The Morgan fingerprint density at radius 1 is 1.32 bits per heavy atom. The molecule has 2 N–H and O–H groups in total. The van der Waals surface area contributed by atoms with Gasteiger partial charge in [0, 0.05) is 24.9 Å². The summed E-state index contributed by atoms with van der Waals surface area (Å²) < 4.78 is 18.8. The van der Waals surface area contributed by atoms with Gasteiger partial charge < -0.3 is 15.4 Å². The first-order chi connectivity index (χ1) is 13.5. The van der Waals surface area contributed by atoms with E-state index in [2.05, 4.69) is 10.6 Å². The fraction of sp³-hybridized carbons (Fsp3) is 0.636. The maximum absolute atomic E-state index is 13.7. The Morgan fingerprint density at radius 2 is 2.11 bits per heavy atom. The van der Waals surface area contributed by atoms with Crippen molar-refractivity contribution < 1.29 is 18.7 Å². The molecule has 2 aliphatic rings. The second kappa shape index (κ2) is 9.39. The third kappa shape index (κ3) is 5.46. The Kier molecular flexibility index (Phi) is 6.92. The Balaban J connectivity index is 1.57. The van der Waals surface area contributed by atoms with Gasteiger partial charge in [0.1, 0.15) is 0 Å². The van der Waals surface area contributed by atoms with Crippen LogP contribution in [0.4, 0.5) is 4.39 Å². The fourth-order valence-electron chi connectivity index (χ4n) is 4.48. The predicted octanol–water partition coefficient (Wildman–Crippen LogP) is 3.50. The standard InChI is InChI=1S/C22H31FN2O3/c1-28-19-13-17(7-8-18(19)23)14-22(12-10-21(27)25-22)11-9-20(26)24-15-16-5-3-2-4-6-16/h7-8,13,16H,2-6,9-12,14-15H2,1H3,(H,24,26)(H,25,27). The number of ether oxygens (including phenoxy) is 1. The van der Waals surface area contributed by atoms with Crippen LogP contribution in [0.15, 0.2) is 18.2 Å². The van der Waals surface area contributed by atoms with E-state index < -0.39 is 11.4 Å². The summed E-state index contributed by atoms with van der Waals surface area (Å²) in [7, 11) is 1.44. The number of nitrogens with one attached hydrogen (secondary N) is 2. The summed E-state index contributed by atoms with van der Waals surface area (Å²) in [6.07, 6.45) is 8.89. The van der Waals surface area contributed by atoms with E-state index in [1.54, 1.807) is 12.1 Å². The normalized spacial score (nSPS) is 22.7. The number of hydrogen-bond acceptors (Lipinski definition) is 3. The summed E-state index contributed by atoms with van der Waals surface area (Å²) in [5.74, 6) is 0.448. The number of amides is 2. The van der Waals surface area contributed by atoms with Crippen LogP contribution in [0, 0.1) is 11.7 Å². The molecule has 154 valence electrons. The molecular formula is C22H31FN2O3. The lowest BCUT2D eigenvalue weighted by atomic mass is 9.84. The SMILES string of the molecule is COc1cc(CC2(CCC(=O)NCC3CCCCC3)CCC(=O)N2)ccc1F. The fourth-order valence-corrected chi connectivity index (χ4v) is 4.48. The quantitative estimate of drug-likeness (QED) is 0.714. The zero-order valence-corrected chi connectivity index (χ0v) is 16.7. The highest BCUT2D eigenvalue weighted by atomic mass is 19.1. The molecule has 1 aliphatic carbocycles. The zero-order valence-electron chi connectivity index (χ0n) is 16.7. The minimum atomic E-state index is -0.456. The number of methoxy groups -OCH3 is 1. The molecule has 0 bridgehead atoms. The number of carbonyl (C=O) groups excluding carboxylic acids is 2. The molecule has 28 heavy (non-hydrogen) atoms. The molecule has 6 heteroatoms. The zero-order chi connectivity index (χ0) is 20.0. The largest absolute Gasteiger partial charge is 0.494 e. The van der Waals surface area contributed by atoms with Crippen molar-refractivity contribution in [2.45, 2.75) is 69.7 Å². The van der Waals surface area contributed by atoms with Gasteiger partial charge in [0.05, 0.1) is 7.11 Å². The highest BCUT2D eigenvalue weighted by Gasteiger charge is 2.38. The van der Waals surface area contributed by atoms with Crippen molar-refractivity contribution in [3.05, 3.63) is 29.6 Å². The van der Waals surface area contributed by atoms with Crippen molar-refractivity contribution in [1.82, 2.24) is 10.6 Å². The van der Waals surface area contributed by atoms with Crippen molar-refractivity contribution >= 4 is 11.8 Å². The van der Waals surface area contributed by atoms with E-state index in [0.29, 0.717) is 38.0 Å². The number of halogens is 1. The molecule has 1 saturated heterocycles. The molecule has 0 aromatic heterocycles. The second-order valence-corrected chi connectivity index (χ2v) is 8.28. The summed E-state index contributed by atoms with van der Waals surface area (Å²) >= 11 is 0. The Labute approximate surface area is 166 Å². The molecule has 1 heterocycles. The van der Waals surface area contributed by atoms with Gasteiger partial charge >= 0.3 is 0 Å². The Hall–Kier alpha value is -2.11. The molecule has 1 aliphatic heterocycles.